The Morgan fingerprint density at radius 2 is 2.07 bits per heavy atom. The first-order valence-electron chi connectivity index (χ1n) is 10.0. The maximum atomic E-state index is 12.6. The van der Waals surface area contributed by atoms with Crippen molar-refractivity contribution in [3.05, 3.63) is 58.3 Å². The number of nitrogens with one attached hydrogen (secondary N) is 2. The lowest BCUT2D eigenvalue weighted by molar-refractivity contribution is -0.122. The summed E-state index contributed by atoms with van der Waals surface area (Å²) in [6.07, 6.45) is 1.74. The summed E-state index contributed by atoms with van der Waals surface area (Å²) in [7, 11) is 0. The minimum Gasteiger partial charge on any atom is -0.508 e. The van der Waals surface area contributed by atoms with Crippen molar-refractivity contribution in [2.24, 2.45) is 5.92 Å². The van der Waals surface area contributed by atoms with Crippen molar-refractivity contribution in [3.8, 4) is 5.75 Å². The van der Waals surface area contributed by atoms with E-state index in [0.29, 0.717) is 25.1 Å². The zero-order chi connectivity index (χ0) is 21.0. The van der Waals surface area contributed by atoms with Gasteiger partial charge in [0, 0.05) is 24.7 Å². The van der Waals surface area contributed by atoms with E-state index >= 15 is 0 Å². The van der Waals surface area contributed by atoms with E-state index < -0.39 is 0 Å². The van der Waals surface area contributed by atoms with Crippen LogP contribution in [0.4, 0.5) is 0 Å². The van der Waals surface area contributed by atoms with Gasteiger partial charge >= 0.3 is 0 Å². The van der Waals surface area contributed by atoms with Gasteiger partial charge in [0.05, 0.1) is 17.1 Å². The summed E-state index contributed by atoms with van der Waals surface area (Å²) in [5, 5.41) is 12.6. The van der Waals surface area contributed by atoms with Crippen LogP contribution < -0.4 is 10.9 Å². The molecule has 7 heteroatoms. The second-order valence-corrected chi connectivity index (χ2v) is 7.52. The van der Waals surface area contributed by atoms with E-state index in [0.717, 1.165) is 23.3 Å². The molecule has 0 fully saturated rings. The average Bonchev–Trinajstić information content (AvgIpc) is 3.11. The van der Waals surface area contributed by atoms with E-state index in [-0.39, 0.29) is 29.2 Å². The number of aryl methyl sites for hydroxylation is 1. The lowest BCUT2D eigenvalue weighted by Gasteiger charge is -2.22. The van der Waals surface area contributed by atoms with Crippen molar-refractivity contribution in [2.75, 3.05) is 0 Å². The molecule has 3 aromatic rings. The normalized spacial score (nSPS) is 13.3. The lowest BCUT2D eigenvalue weighted by atomic mass is 9.98. The fourth-order valence-corrected chi connectivity index (χ4v) is 3.48. The van der Waals surface area contributed by atoms with Gasteiger partial charge in [0.1, 0.15) is 11.6 Å². The van der Waals surface area contributed by atoms with E-state index in [2.05, 4.69) is 29.1 Å². The van der Waals surface area contributed by atoms with Crippen LogP contribution in [0.25, 0.3) is 11.0 Å². The molecule has 0 spiro atoms. The van der Waals surface area contributed by atoms with Crippen LogP contribution in [0.1, 0.15) is 50.7 Å². The quantitative estimate of drug-likeness (QED) is 0.543. The van der Waals surface area contributed by atoms with E-state index in [1.807, 2.05) is 24.3 Å². The SMILES string of the molecule is CC[C@@H](C)[C@@H](NC(=O)CCCn1c(C)cc(O)cc1=O)c1nc2ccccc2[nH]1. The number of aromatic amines is 1. The van der Waals surface area contributed by atoms with Gasteiger partial charge in [0.15, 0.2) is 0 Å². The first kappa shape index (κ1) is 20.6. The molecule has 1 aromatic carbocycles. The van der Waals surface area contributed by atoms with E-state index in [9.17, 15) is 14.7 Å². The molecular weight excluding hydrogens is 368 g/mol. The number of carbonyl (C=O) groups excluding carboxylic acids is 1. The van der Waals surface area contributed by atoms with E-state index in [1.165, 1.54) is 6.07 Å². The molecule has 0 aliphatic heterocycles. The molecule has 0 unspecified atom stereocenters. The van der Waals surface area contributed by atoms with Crippen molar-refractivity contribution in [3.63, 3.8) is 0 Å². The van der Waals surface area contributed by atoms with Gasteiger partial charge in [-0.05, 0) is 37.5 Å². The molecule has 2 aromatic heterocycles. The summed E-state index contributed by atoms with van der Waals surface area (Å²) >= 11 is 0. The minimum atomic E-state index is -0.261. The fraction of sp³-hybridized carbons (Fsp3) is 0.409. The summed E-state index contributed by atoms with van der Waals surface area (Å²) in [5.41, 5.74) is 2.25. The monoisotopic (exact) mass is 396 g/mol. The average molecular weight is 396 g/mol. The Labute approximate surface area is 169 Å². The topological polar surface area (TPSA) is 100 Å². The third kappa shape index (κ3) is 4.85. The smallest absolute Gasteiger partial charge is 0.254 e. The number of hydrogen-bond donors (Lipinski definition) is 3. The predicted molar refractivity (Wildman–Crippen MR) is 113 cm³/mol. The second-order valence-electron chi connectivity index (χ2n) is 7.52. The van der Waals surface area contributed by atoms with Crippen LogP contribution in [-0.4, -0.2) is 25.5 Å². The molecular formula is C22H28N4O3. The molecule has 0 saturated carbocycles. The number of amides is 1. The van der Waals surface area contributed by atoms with Crippen LogP contribution in [-0.2, 0) is 11.3 Å². The molecule has 0 aliphatic rings. The number of rotatable bonds is 8. The highest BCUT2D eigenvalue weighted by atomic mass is 16.3. The van der Waals surface area contributed by atoms with Gasteiger partial charge in [0.25, 0.3) is 5.56 Å². The second kappa shape index (κ2) is 8.94. The van der Waals surface area contributed by atoms with Crippen molar-refractivity contribution in [2.45, 2.75) is 52.6 Å². The zero-order valence-electron chi connectivity index (χ0n) is 17.1. The molecule has 0 bridgehead atoms. The number of fused-ring (bicyclic) bond motifs is 1. The maximum absolute atomic E-state index is 12.6. The Bertz CT molecular complexity index is 1020. The molecule has 3 rings (SSSR count). The van der Waals surface area contributed by atoms with Crippen LogP contribution >= 0.6 is 0 Å². The number of aromatic nitrogens is 3. The highest BCUT2D eigenvalue weighted by molar-refractivity contribution is 5.77. The molecule has 29 heavy (non-hydrogen) atoms. The summed E-state index contributed by atoms with van der Waals surface area (Å²) in [4.78, 5) is 32.6. The van der Waals surface area contributed by atoms with Crippen molar-refractivity contribution < 1.29 is 9.90 Å². The van der Waals surface area contributed by atoms with Crippen molar-refractivity contribution in [1.82, 2.24) is 19.9 Å². The van der Waals surface area contributed by atoms with Gasteiger partial charge < -0.3 is 20.0 Å². The molecule has 2 heterocycles. The van der Waals surface area contributed by atoms with Gasteiger partial charge in [-0.3, -0.25) is 9.59 Å². The molecule has 0 aliphatic carbocycles. The summed E-state index contributed by atoms with van der Waals surface area (Å²) in [6.45, 7) is 6.38. The first-order valence-corrected chi connectivity index (χ1v) is 10.0. The number of para-hydroxylation sites is 2. The molecule has 1 amide bonds. The number of pyridine rings is 1. The van der Waals surface area contributed by atoms with Gasteiger partial charge in [-0.2, -0.15) is 0 Å². The third-order valence-corrected chi connectivity index (χ3v) is 5.34. The van der Waals surface area contributed by atoms with Gasteiger partial charge in [-0.15, -0.1) is 0 Å². The Kier molecular flexibility index (Phi) is 6.36. The van der Waals surface area contributed by atoms with E-state index in [1.54, 1.807) is 17.6 Å². The van der Waals surface area contributed by atoms with Crippen LogP contribution in [0.2, 0.25) is 0 Å². The first-order chi connectivity index (χ1) is 13.9. The lowest BCUT2D eigenvalue weighted by Crippen LogP contribution is -2.33. The summed E-state index contributed by atoms with van der Waals surface area (Å²) in [5.74, 6) is 0.880. The van der Waals surface area contributed by atoms with Crippen LogP contribution in [0.5, 0.6) is 5.75 Å². The molecule has 0 radical (unpaired) electrons. The zero-order valence-corrected chi connectivity index (χ0v) is 17.1. The Morgan fingerprint density at radius 1 is 1.31 bits per heavy atom. The number of carbonyl (C=O) groups is 1. The molecule has 0 saturated heterocycles. The largest absolute Gasteiger partial charge is 0.508 e. The van der Waals surface area contributed by atoms with Gasteiger partial charge in [-0.25, -0.2) is 4.98 Å². The number of imidazole rings is 1. The fourth-order valence-electron chi connectivity index (χ4n) is 3.48. The number of H-pyrrole nitrogens is 1. The minimum absolute atomic E-state index is 0.0382. The van der Waals surface area contributed by atoms with Crippen LogP contribution in [0.3, 0.4) is 0 Å². The standard InChI is InChI=1S/C22H28N4O3/c1-4-14(2)21(22-23-17-8-5-6-9-18(17)24-22)25-19(28)10-7-11-26-15(3)12-16(27)13-20(26)29/h5-6,8-9,12-14,21,27H,4,7,10-11H2,1-3H3,(H,23,24)(H,25,28)/t14-,21-/m1/s1. The molecule has 2 atom stereocenters. The van der Waals surface area contributed by atoms with Gasteiger partial charge in [0.2, 0.25) is 5.91 Å². The summed E-state index contributed by atoms with van der Waals surface area (Å²) in [6, 6.07) is 10.3. The van der Waals surface area contributed by atoms with Gasteiger partial charge in [-0.1, -0.05) is 32.4 Å². The number of nitrogens with zero attached hydrogens (tertiary/aromatic N) is 2. The molecule has 7 nitrogen and oxygen atoms in total. The van der Waals surface area contributed by atoms with Crippen LogP contribution in [0, 0.1) is 12.8 Å². The number of hydrogen-bond acceptors (Lipinski definition) is 4. The Balaban J connectivity index is 1.65. The van der Waals surface area contributed by atoms with Crippen molar-refractivity contribution >= 4 is 16.9 Å². The summed E-state index contributed by atoms with van der Waals surface area (Å²) < 4.78 is 1.57. The Morgan fingerprint density at radius 3 is 2.76 bits per heavy atom. The Hall–Kier alpha value is -3.09. The van der Waals surface area contributed by atoms with Crippen molar-refractivity contribution in [1.29, 1.82) is 0 Å². The molecule has 3 N–H and O–H groups in total. The van der Waals surface area contributed by atoms with E-state index in [4.69, 9.17) is 0 Å². The van der Waals surface area contributed by atoms with Crippen LogP contribution in [0.15, 0.2) is 41.2 Å². The predicted octanol–water partition coefficient (Wildman–Crippen LogP) is 3.42. The molecule has 154 valence electrons. The third-order valence-electron chi connectivity index (χ3n) is 5.34. The highest BCUT2D eigenvalue weighted by Gasteiger charge is 2.23. The highest BCUT2D eigenvalue weighted by Crippen LogP contribution is 2.24. The number of benzene rings is 1. The maximum Gasteiger partial charge on any atom is 0.254 e. The number of aromatic hydroxyl groups is 1.